The fraction of sp³-hybridized carbons (Fsp3) is 0.650. The van der Waals surface area contributed by atoms with E-state index < -0.39 is 0 Å². The van der Waals surface area contributed by atoms with Gasteiger partial charge in [0.1, 0.15) is 0 Å². The fourth-order valence-corrected chi connectivity index (χ4v) is 2.80. The molecule has 1 heterocycles. The van der Waals surface area contributed by atoms with Crippen LogP contribution in [0, 0.1) is 5.92 Å². The van der Waals surface area contributed by atoms with Gasteiger partial charge in [0.05, 0.1) is 13.2 Å². The monoisotopic (exact) mass is 347 g/mol. The molecule has 1 saturated heterocycles. The molecule has 1 aromatic carbocycles. The molecule has 140 valence electrons. The molecule has 2 rings (SSSR count). The van der Waals surface area contributed by atoms with E-state index in [4.69, 9.17) is 14.5 Å². The molecular formula is C20H33N3O2. The number of ether oxygens (including phenoxy) is 2. The van der Waals surface area contributed by atoms with Crippen LogP contribution in [0.15, 0.2) is 35.3 Å². The molecule has 5 heteroatoms. The van der Waals surface area contributed by atoms with Gasteiger partial charge in [-0.05, 0) is 25.3 Å². The summed E-state index contributed by atoms with van der Waals surface area (Å²) < 4.78 is 11.1. The van der Waals surface area contributed by atoms with Gasteiger partial charge in [0.15, 0.2) is 5.96 Å². The van der Waals surface area contributed by atoms with Crippen molar-refractivity contribution in [3.63, 3.8) is 0 Å². The molecule has 2 atom stereocenters. The Morgan fingerprint density at radius 3 is 2.88 bits per heavy atom. The van der Waals surface area contributed by atoms with Gasteiger partial charge in [0.2, 0.25) is 0 Å². The average Bonchev–Trinajstić information content (AvgIpc) is 3.16. The molecule has 1 aliphatic rings. The maximum atomic E-state index is 5.74. The Morgan fingerprint density at radius 1 is 1.32 bits per heavy atom. The fourth-order valence-electron chi connectivity index (χ4n) is 2.80. The van der Waals surface area contributed by atoms with Gasteiger partial charge in [0, 0.05) is 44.7 Å². The van der Waals surface area contributed by atoms with Crippen molar-refractivity contribution in [1.29, 1.82) is 0 Å². The predicted molar refractivity (Wildman–Crippen MR) is 103 cm³/mol. The Balaban J connectivity index is 1.63. The zero-order chi connectivity index (χ0) is 17.7. The first-order valence-electron chi connectivity index (χ1n) is 9.52. The van der Waals surface area contributed by atoms with Gasteiger partial charge in [-0.25, -0.2) is 0 Å². The van der Waals surface area contributed by atoms with Crippen LogP contribution in [0.5, 0.6) is 0 Å². The molecule has 0 aromatic heterocycles. The van der Waals surface area contributed by atoms with Gasteiger partial charge in [-0.3, -0.25) is 4.99 Å². The van der Waals surface area contributed by atoms with Crippen LogP contribution in [-0.2, 0) is 9.47 Å². The summed E-state index contributed by atoms with van der Waals surface area (Å²) in [7, 11) is 0. The number of benzene rings is 1. The molecule has 1 aromatic rings. The van der Waals surface area contributed by atoms with Gasteiger partial charge in [-0.1, -0.05) is 37.3 Å². The second-order valence-electron chi connectivity index (χ2n) is 6.62. The Bertz CT molecular complexity index is 487. The number of rotatable bonds is 10. The first-order chi connectivity index (χ1) is 12.3. The molecule has 0 saturated carbocycles. The van der Waals surface area contributed by atoms with E-state index in [1.165, 1.54) is 5.56 Å². The highest BCUT2D eigenvalue weighted by molar-refractivity contribution is 5.79. The number of hydrogen-bond acceptors (Lipinski definition) is 3. The van der Waals surface area contributed by atoms with Crippen LogP contribution in [0.3, 0.4) is 0 Å². The minimum absolute atomic E-state index is 0.411. The van der Waals surface area contributed by atoms with Crippen molar-refractivity contribution in [2.24, 2.45) is 10.9 Å². The molecule has 25 heavy (non-hydrogen) atoms. The molecule has 2 unspecified atom stereocenters. The summed E-state index contributed by atoms with van der Waals surface area (Å²) in [5, 5.41) is 6.70. The van der Waals surface area contributed by atoms with Crippen LogP contribution >= 0.6 is 0 Å². The normalized spacial score (nSPS) is 19.0. The largest absolute Gasteiger partial charge is 0.381 e. The SMILES string of the molecule is CCNC(=NCC(C)c1ccccc1)NCCCOCC1CCOC1. The van der Waals surface area contributed by atoms with Crippen molar-refractivity contribution in [2.75, 3.05) is 46.1 Å². The zero-order valence-corrected chi connectivity index (χ0v) is 15.7. The number of aliphatic imine (C=N–C) groups is 1. The Morgan fingerprint density at radius 2 is 2.16 bits per heavy atom. The van der Waals surface area contributed by atoms with E-state index in [1.54, 1.807) is 0 Å². The summed E-state index contributed by atoms with van der Waals surface area (Å²) >= 11 is 0. The molecule has 0 radical (unpaired) electrons. The minimum atomic E-state index is 0.411. The second-order valence-corrected chi connectivity index (χ2v) is 6.62. The third kappa shape index (κ3) is 7.88. The van der Waals surface area contributed by atoms with Gasteiger partial charge in [-0.2, -0.15) is 0 Å². The van der Waals surface area contributed by atoms with Gasteiger partial charge in [-0.15, -0.1) is 0 Å². The Kier molecular flexibility index (Phi) is 9.37. The van der Waals surface area contributed by atoms with E-state index >= 15 is 0 Å². The van der Waals surface area contributed by atoms with Crippen molar-refractivity contribution in [1.82, 2.24) is 10.6 Å². The van der Waals surface area contributed by atoms with Crippen LogP contribution in [-0.4, -0.2) is 52.0 Å². The average molecular weight is 348 g/mol. The van der Waals surface area contributed by atoms with Crippen molar-refractivity contribution in [3.8, 4) is 0 Å². The van der Waals surface area contributed by atoms with Gasteiger partial charge < -0.3 is 20.1 Å². The van der Waals surface area contributed by atoms with Crippen LogP contribution in [0.2, 0.25) is 0 Å². The quantitative estimate of drug-likeness (QED) is 0.388. The molecule has 1 aliphatic heterocycles. The summed E-state index contributed by atoms with van der Waals surface area (Å²) in [6, 6.07) is 10.5. The van der Waals surface area contributed by atoms with Gasteiger partial charge in [0.25, 0.3) is 0 Å². The highest BCUT2D eigenvalue weighted by Crippen LogP contribution is 2.14. The summed E-state index contributed by atoms with van der Waals surface area (Å²) in [5.41, 5.74) is 1.33. The lowest BCUT2D eigenvalue weighted by Crippen LogP contribution is -2.38. The highest BCUT2D eigenvalue weighted by atomic mass is 16.5. The molecule has 0 amide bonds. The van der Waals surface area contributed by atoms with E-state index in [9.17, 15) is 0 Å². The third-order valence-corrected chi connectivity index (χ3v) is 4.37. The lowest BCUT2D eigenvalue weighted by Gasteiger charge is -2.14. The highest BCUT2D eigenvalue weighted by Gasteiger charge is 2.15. The van der Waals surface area contributed by atoms with E-state index in [2.05, 4.69) is 48.7 Å². The molecule has 1 fully saturated rings. The molecule has 5 nitrogen and oxygen atoms in total. The summed E-state index contributed by atoms with van der Waals surface area (Å²) in [6.07, 6.45) is 2.11. The lowest BCUT2D eigenvalue weighted by atomic mass is 10.0. The maximum absolute atomic E-state index is 5.74. The zero-order valence-electron chi connectivity index (χ0n) is 15.7. The first-order valence-corrected chi connectivity index (χ1v) is 9.52. The smallest absolute Gasteiger partial charge is 0.191 e. The Hall–Kier alpha value is -1.59. The van der Waals surface area contributed by atoms with Crippen LogP contribution in [0.4, 0.5) is 0 Å². The van der Waals surface area contributed by atoms with Crippen molar-refractivity contribution >= 4 is 5.96 Å². The topological polar surface area (TPSA) is 54.9 Å². The Labute approximate surface area is 152 Å². The third-order valence-electron chi connectivity index (χ3n) is 4.37. The molecule has 0 spiro atoms. The van der Waals surface area contributed by atoms with Crippen LogP contribution in [0.1, 0.15) is 38.2 Å². The van der Waals surface area contributed by atoms with Crippen molar-refractivity contribution in [2.45, 2.75) is 32.6 Å². The van der Waals surface area contributed by atoms with E-state index in [1.807, 2.05) is 6.07 Å². The first kappa shape index (κ1) is 19.7. The maximum Gasteiger partial charge on any atom is 0.191 e. The lowest BCUT2D eigenvalue weighted by molar-refractivity contribution is 0.0888. The number of nitrogens with zero attached hydrogens (tertiary/aromatic N) is 1. The molecule has 2 N–H and O–H groups in total. The standard InChI is InChI=1S/C20H33N3O2/c1-3-21-20(23-14-17(2)19-8-5-4-6-9-19)22-11-7-12-24-15-18-10-13-25-16-18/h4-6,8-9,17-18H,3,7,10-16H2,1-2H3,(H2,21,22,23). The van der Waals surface area contributed by atoms with E-state index in [-0.39, 0.29) is 0 Å². The molecule has 0 bridgehead atoms. The van der Waals surface area contributed by atoms with E-state index in [0.717, 1.165) is 64.9 Å². The number of hydrogen-bond donors (Lipinski definition) is 2. The van der Waals surface area contributed by atoms with Crippen LogP contribution in [0.25, 0.3) is 0 Å². The van der Waals surface area contributed by atoms with E-state index in [0.29, 0.717) is 11.8 Å². The predicted octanol–water partition coefficient (Wildman–Crippen LogP) is 2.79. The summed E-state index contributed by atoms with van der Waals surface area (Å²) in [5.74, 6) is 1.88. The second kappa shape index (κ2) is 11.9. The summed E-state index contributed by atoms with van der Waals surface area (Å²) in [4.78, 5) is 4.71. The summed E-state index contributed by atoms with van der Waals surface area (Å²) in [6.45, 7) is 10.2. The number of guanidine groups is 1. The van der Waals surface area contributed by atoms with Crippen molar-refractivity contribution < 1.29 is 9.47 Å². The minimum Gasteiger partial charge on any atom is -0.381 e. The molecular weight excluding hydrogens is 314 g/mol. The van der Waals surface area contributed by atoms with Gasteiger partial charge >= 0.3 is 0 Å². The number of nitrogens with one attached hydrogen (secondary N) is 2. The molecule has 0 aliphatic carbocycles. The van der Waals surface area contributed by atoms with Crippen molar-refractivity contribution in [3.05, 3.63) is 35.9 Å². The van der Waals surface area contributed by atoms with Crippen LogP contribution < -0.4 is 10.6 Å².